The van der Waals surface area contributed by atoms with Gasteiger partial charge in [0, 0.05) is 18.6 Å². The Bertz CT molecular complexity index is 803. The molecule has 118 valence electrons. The summed E-state index contributed by atoms with van der Waals surface area (Å²) >= 11 is 0. The van der Waals surface area contributed by atoms with Crippen LogP contribution < -0.4 is 0 Å². The van der Waals surface area contributed by atoms with Crippen molar-refractivity contribution in [3.8, 4) is 0 Å². The third-order valence-electron chi connectivity index (χ3n) is 4.40. The highest BCUT2D eigenvalue weighted by Gasteiger charge is 2.35. The Morgan fingerprint density at radius 1 is 1.13 bits per heavy atom. The smallest absolute Gasteiger partial charge is 0.168 e. The van der Waals surface area contributed by atoms with Gasteiger partial charge in [-0.05, 0) is 28.2 Å². The molecule has 3 heteroatoms. The van der Waals surface area contributed by atoms with Crippen molar-refractivity contribution in [2.24, 2.45) is 5.41 Å². The Morgan fingerprint density at radius 3 is 2.57 bits per heavy atom. The summed E-state index contributed by atoms with van der Waals surface area (Å²) in [5, 5.41) is 20.8. The number of allylic oxidation sites excluding steroid dienone is 2. The van der Waals surface area contributed by atoms with Gasteiger partial charge in [-0.1, -0.05) is 56.3 Å². The van der Waals surface area contributed by atoms with Crippen LogP contribution in [0.1, 0.15) is 32.3 Å². The van der Waals surface area contributed by atoms with Crippen LogP contribution in [0.25, 0.3) is 10.8 Å². The van der Waals surface area contributed by atoms with Crippen LogP contribution >= 0.6 is 0 Å². The largest absolute Gasteiger partial charge is 0.511 e. The van der Waals surface area contributed by atoms with E-state index < -0.39 is 0 Å². The standard InChI is InChI=1S/C20H21NO2/c1-20(2)11-16(21)19(18(23)12-20)17(22)10-14-8-5-7-13-6-3-4-9-15(13)14/h3-9,21-22H,10-12H2,1-2H3. The molecule has 2 aromatic rings. The molecule has 0 spiro atoms. The van der Waals surface area contributed by atoms with Gasteiger partial charge in [0.15, 0.2) is 5.78 Å². The van der Waals surface area contributed by atoms with Crippen LogP contribution in [0.3, 0.4) is 0 Å². The molecule has 0 aromatic heterocycles. The SMILES string of the molecule is CC1(C)CC(=N)C(=C(O)Cc2cccc3ccccc23)C(=O)C1. The Balaban J connectivity index is 1.98. The van der Waals surface area contributed by atoms with Gasteiger partial charge in [-0.3, -0.25) is 4.79 Å². The molecule has 2 aromatic carbocycles. The molecule has 0 atom stereocenters. The Morgan fingerprint density at radius 2 is 1.83 bits per heavy atom. The maximum absolute atomic E-state index is 12.4. The van der Waals surface area contributed by atoms with E-state index in [0.717, 1.165) is 16.3 Å². The monoisotopic (exact) mass is 307 g/mol. The molecular weight excluding hydrogens is 286 g/mol. The summed E-state index contributed by atoms with van der Waals surface area (Å²) < 4.78 is 0. The number of hydrogen-bond donors (Lipinski definition) is 2. The first-order valence-electron chi connectivity index (χ1n) is 7.87. The average molecular weight is 307 g/mol. The van der Waals surface area contributed by atoms with Crippen LogP contribution in [0, 0.1) is 10.8 Å². The molecule has 0 aliphatic heterocycles. The highest BCUT2D eigenvalue weighted by atomic mass is 16.3. The van der Waals surface area contributed by atoms with Gasteiger partial charge < -0.3 is 10.5 Å². The number of nitrogens with one attached hydrogen (secondary N) is 1. The van der Waals surface area contributed by atoms with E-state index in [4.69, 9.17) is 5.41 Å². The first kappa shape index (κ1) is 15.5. The molecule has 0 bridgehead atoms. The van der Waals surface area contributed by atoms with Gasteiger partial charge in [0.25, 0.3) is 0 Å². The summed E-state index contributed by atoms with van der Waals surface area (Å²) in [6.07, 6.45) is 1.18. The molecular formula is C20H21NO2. The van der Waals surface area contributed by atoms with Crippen LogP contribution in [-0.2, 0) is 11.2 Å². The summed E-state index contributed by atoms with van der Waals surface area (Å²) in [6, 6.07) is 13.9. The lowest BCUT2D eigenvalue weighted by Gasteiger charge is -2.30. The number of hydrogen-bond acceptors (Lipinski definition) is 3. The third kappa shape index (κ3) is 3.04. The molecule has 0 heterocycles. The lowest BCUT2D eigenvalue weighted by molar-refractivity contribution is -0.117. The summed E-state index contributed by atoms with van der Waals surface area (Å²) in [6.45, 7) is 3.97. The van der Waals surface area contributed by atoms with Crippen molar-refractivity contribution >= 4 is 22.3 Å². The average Bonchev–Trinajstić information content (AvgIpc) is 2.45. The first-order chi connectivity index (χ1) is 10.9. The van der Waals surface area contributed by atoms with Crippen LogP contribution in [0.15, 0.2) is 53.8 Å². The van der Waals surface area contributed by atoms with Crippen molar-refractivity contribution in [2.45, 2.75) is 33.1 Å². The van der Waals surface area contributed by atoms with E-state index >= 15 is 0 Å². The Hall–Kier alpha value is -2.42. The second-order valence-electron chi connectivity index (χ2n) is 7.06. The summed E-state index contributed by atoms with van der Waals surface area (Å²) in [7, 11) is 0. The number of fused-ring (bicyclic) bond motifs is 1. The minimum atomic E-state index is -0.197. The predicted molar refractivity (Wildman–Crippen MR) is 93.1 cm³/mol. The van der Waals surface area contributed by atoms with Crippen molar-refractivity contribution in [1.82, 2.24) is 0 Å². The molecule has 3 nitrogen and oxygen atoms in total. The molecule has 1 aliphatic rings. The number of Topliss-reactive ketones (excluding diaryl/α,β-unsaturated/α-hetero) is 1. The van der Waals surface area contributed by atoms with Crippen LogP contribution in [-0.4, -0.2) is 16.6 Å². The maximum atomic E-state index is 12.4. The van der Waals surface area contributed by atoms with Crippen molar-refractivity contribution in [3.63, 3.8) is 0 Å². The normalized spacial score (nSPS) is 19.9. The minimum Gasteiger partial charge on any atom is -0.511 e. The van der Waals surface area contributed by atoms with E-state index in [1.54, 1.807) is 0 Å². The quantitative estimate of drug-likeness (QED) is 0.629. The molecule has 2 N–H and O–H groups in total. The van der Waals surface area contributed by atoms with Crippen LogP contribution in [0.4, 0.5) is 0 Å². The zero-order valence-electron chi connectivity index (χ0n) is 13.5. The molecule has 23 heavy (non-hydrogen) atoms. The fourth-order valence-corrected chi connectivity index (χ4v) is 3.37. The van der Waals surface area contributed by atoms with Crippen molar-refractivity contribution in [3.05, 3.63) is 59.4 Å². The van der Waals surface area contributed by atoms with Gasteiger partial charge in [0.05, 0.1) is 5.57 Å². The number of aliphatic hydroxyl groups excluding tert-OH is 1. The highest BCUT2D eigenvalue weighted by molar-refractivity contribution is 6.23. The summed E-state index contributed by atoms with van der Waals surface area (Å²) in [4.78, 5) is 12.4. The molecule has 0 unspecified atom stereocenters. The molecule has 0 saturated heterocycles. The molecule has 1 fully saturated rings. The number of carbonyl (C=O) groups is 1. The lowest BCUT2D eigenvalue weighted by atomic mass is 9.73. The van der Waals surface area contributed by atoms with Crippen LogP contribution in [0.2, 0.25) is 0 Å². The zero-order valence-corrected chi connectivity index (χ0v) is 13.5. The van der Waals surface area contributed by atoms with Gasteiger partial charge >= 0.3 is 0 Å². The van der Waals surface area contributed by atoms with E-state index in [2.05, 4.69) is 0 Å². The van der Waals surface area contributed by atoms with Gasteiger partial charge in [-0.2, -0.15) is 0 Å². The lowest BCUT2D eigenvalue weighted by Crippen LogP contribution is -2.32. The fourth-order valence-electron chi connectivity index (χ4n) is 3.37. The Kier molecular flexibility index (Phi) is 3.80. The fraction of sp³-hybridized carbons (Fsp3) is 0.300. The molecule has 0 radical (unpaired) electrons. The zero-order chi connectivity index (χ0) is 16.6. The molecule has 0 amide bonds. The molecule has 3 rings (SSSR count). The van der Waals surface area contributed by atoms with E-state index in [1.807, 2.05) is 56.3 Å². The van der Waals surface area contributed by atoms with E-state index in [9.17, 15) is 9.90 Å². The second kappa shape index (κ2) is 5.65. The van der Waals surface area contributed by atoms with Gasteiger partial charge in [-0.25, -0.2) is 0 Å². The number of aliphatic hydroxyl groups is 1. The number of rotatable bonds is 2. The van der Waals surface area contributed by atoms with Crippen molar-refractivity contribution < 1.29 is 9.90 Å². The van der Waals surface area contributed by atoms with E-state index in [0.29, 0.717) is 12.8 Å². The maximum Gasteiger partial charge on any atom is 0.168 e. The number of ketones is 1. The van der Waals surface area contributed by atoms with E-state index in [-0.39, 0.29) is 34.7 Å². The summed E-state index contributed by atoms with van der Waals surface area (Å²) in [5.74, 6) is -0.101. The summed E-state index contributed by atoms with van der Waals surface area (Å²) in [5.41, 5.74) is 1.25. The number of benzene rings is 2. The molecule has 1 aliphatic carbocycles. The number of carbonyl (C=O) groups excluding carboxylic acids is 1. The molecule has 1 saturated carbocycles. The minimum absolute atomic E-state index is 0.0202. The van der Waals surface area contributed by atoms with Crippen molar-refractivity contribution in [1.29, 1.82) is 5.41 Å². The van der Waals surface area contributed by atoms with Crippen LogP contribution in [0.5, 0.6) is 0 Å². The Labute approximate surface area is 136 Å². The first-order valence-corrected chi connectivity index (χ1v) is 7.87. The van der Waals surface area contributed by atoms with Gasteiger partial charge in [0.1, 0.15) is 5.76 Å². The predicted octanol–water partition coefficient (Wildman–Crippen LogP) is 4.60. The second-order valence-corrected chi connectivity index (χ2v) is 7.06. The topological polar surface area (TPSA) is 61.1 Å². The van der Waals surface area contributed by atoms with Gasteiger partial charge in [-0.15, -0.1) is 0 Å². The highest BCUT2D eigenvalue weighted by Crippen LogP contribution is 2.35. The van der Waals surface area contributed by atoms with E-state index in [1.165, 1.54) is 0 Å². The van der Waals surface area contributed by atoms with Gasteiger partial charge in [0.2, 0.25) is 0 Å². The van der Waals surface area contributed by atoms with Crippen molar-refractivity contribution in [2.75, 3.05) is 0 Å². The third-order valence-corrected chi connectivity index (χ3v) is 4.40.